The summed E-state index contributed by atoms with van der Waals surface area (Å²) in [6.45, 7) is 7.48. The molecule has 0 saturated heterocycles. The van der Waals surface area contributed by atoms with E-state index < -0.39 is 10.0 Å². The normalized spacial score (nSPS) is 16.1. The second-order valence-electron chi connectivity index (χ2n) is 6.16. The fourth-order valence-corrected chi connectivity index (χ4v) is 4.29. The standard InChI is InChI=1S/C15H27N3O2S/c1-5-8-18(13-6-7-13)21(19,20)15-9-14(17(4)11-15)10-16-12(2)3/h9,11-13,16H,5-8,10H2,1-4H3. The number of nitrogens with zero attached hydrogens (tertiary/aromatic N) is 2. The van der Waals surface area contributed by atoms with Gasteiger partial charge >= 0.3 is 0 Å². The monoisotopic (exact) mass is 313 g/mol. The number of rotatable bonds is 8. The summed E-state index contributed by atoms with van der Waals surface area (Å²) in [6.07, 6.45) is 4.57. The van der Waals surface area contributed by atoms with Crippen LogP contribution in [-0.4, -0.2) is 35.9 Å². The zero-order valence-electron chi connectivity index (χ0n) is 13.5. The number of hydrogen-bond donors (Lipinski definition) is 1. The number of nitrogens with one attached hydrogen (secondary N) is 1. The van der Waals surface area contributed by atoms with Crippen molar-refractivity contribution in [2.75, 3.05) is 6.54 Å². The molecule has 2 rings (SSSR count). The summed E-state index contributed by atoms with van der Waals surface area (Å²) in [5.41, 5.74) is 0.995. The molecule has 21 heavy (non-hydrogen) atoms. The Balaban J connectivity index is 2.21. The third kappa shape index (κ3) is 3.87. The first-order valence-corrected chi connectivity index (χ1v) is 9.20. The number of sulfonamides is 1. The van der Waals surface area contributed by atoms with E-state index in [9.17, 15) is 8.42 Å². The predicted molar refractivity (Wildman–Crippen MR) is 84.6 cm³/mol. The zero-order valence-corrected chi connectivity index (χ0v) is 14.3. The van der Waals surface area contributed by atoms with Crippen molar-refractivity contribution in [1.82, 2.24) is 14.2 Å². The van der Waals surface area contributed by atoms with Gasteiger partial charge in [-0.05, 0) is 25.3 Å². The largest absolute Gasteiger partial charge is 0.352 e. The van der Waals surface area contributed by atoms with Crippen molar-refractivity contribution in [1.29, 1.82) is 0 Å². The Kier molecular flexibility index (Phi) is 5.11. The lowest BCUT2D eigenvalue weighted by molar-refractivity contribution is 0.403. The Bertz CT molecular complexity index is 574. The fraction of sp³-hybridized carbons (Fsp3) is 0.733. The molecule has 0 aliphatic heterocycles. The molecule has 1 aromatic heterocycles. The molecule has 1 heterocycles. The third-order valence-electron chi connectivity index (χ3n) is 3.78. The molecule has 1 aromatic rings. The van der Waals surface area contributed by atoms with E-state index >= 15 is 0 Å². The van der Waals surface area contributed by atoms with Gasteiger partial charge in [0.25, 0.3) is 0 Å². The van der Waals surface area contributed by atoms with Gasteiger partial charge in [-0.3, -0.25) is 0 Å². The molecule has 0 aromatic carbocycles. The molecule has 0 bridgehead atoms. The SMILES string of the molecule is CCCN(C1CC1)S(=O)(=O)c1cc(CNC(C)C)n(C)c1. The smallest absolute Gasteiger partial charge is 0.244 e. The third-order valence-corrected chi connectivity index (χ3v) is 5.70. The average Bonchev–Trinajstić information content (AvgIpc) is 3.16. The average molecular weight is 313 g/mol. The maximum absolute atomic E-state index is 12.8. The molecule has 1 saturated carbocycles. The van der Waals surface area contributed by atoms with Crippen molar-refractivity contribution in [2.24, 2.45) is 7.05 Å². The predicted octanol–water partition coefficient (Wildman–Crippen LogP) is 2.09. The molecule has 0 radical (unpaired) electrons. The molecular weight excluding hydrogens is 286 g/mol. The zero-order chi connectivity index (χ0) is 15.6. The summed E-state index contributed by atoms with van der Waals surface area (Å²) in [6, 6.07) is 2.39. The van der Waals surface area contributed by atoms with E-state index in [2.05, 4.69) is 19.2 Å². The lowest BCUT2D eigenvalue weighted by Gasteiger charge is -2.20. The van der Waals surface area contributed by atoms with Gasteiger partial charge in [-0.25, -0.2) is 8.42 Å². The van der Waals surface area contributed by atoms with Gasteiger partial charge < -0.3 is 9.88 Å². The highest BCUT2D eigenvalue weighted by Gasteiger charge is 2.37. The maximum Gasteiger partial charge on any atom is 0.244 e. The van der Waals surface area contributed by atoms with Crippen LogP contribution in [0.15, 0.2) is 17.2 Å². The Morgan fingerprint density at radius 2 is 2.10 bits per heavy atom. The van der Waals surface area contributed by atoms with Crippen LogP contribution < -0.4 is 5.32 Å². The molecule has 0 spiro atoms. The summed E-state index contributed by atoms with van der Waals surface area (Å²) >= 11 is 0. The lowest BCUT2D eigenvalue weighted by atomic mass is 10.3. The summed E-state index contributed by atoms with van der Waals surface area (Å²) in [4.78, 5) is 0.422. The molecule has 0 amide bonds. The van der Waals surface area contributed by atoms with Crippen molar-refractivity contribution in [3.05, 3.63) is 18.0 Å². The van der Waals surface area contributed by atoms with Crippen LogP contribution in [0.2, 0.25) is 0 Å². The Hall–Kier alpha value is -0.850. The summed E-state index contributed by atoms with van der Waals surface area (Å²) in [7, 11) is -1.46. The van der Waals surface area contributed by atoms with E-state index in [1.54, 1.807) is 16.6 Å². The van der Waals surface area contributed by atoms with Gasteiger partial charge in [0.1, 0.15) is 4.90 Å². The van der Waals surface area contributed by atoms with Gasteiger partial charge in [-0.15, -0.1) is 0 Å². The quantitative estimate of drug-likeness (QED) is 0.799. The van der Waals surface area contributed by atoms with E-state index in [-0.39, 0.29) is 6.04 Å². The minimum absolute atomic E-state index is 0.215. The van der Waals surface area contributed by atoms with Crippen LogP contribution in [0, 0.1) is 0 Å². The summed E-state index contributed by atoms with van der Waals surface area (Å²) < 4.78 is 29.2. The molecule has 1 N–H and O–H groups in total. The van der Waals surface area contributed by atoms with Gasteiger partial charge in [0.15, 0.2) is 0 Å². The highest BCUT2D eigenvalue weighted by atomic mass is 32.2. The minimum Gasteiger partial charge on any atom is -0.352 e. The van der Waals surface area contributed by atoms with Gasteiger partial charge in [-0.2, -0.15) is 4.31 Å². The Morgan fingerprint density at radius 1 is 1.43 bits per heavy atom. The van der Waals surface area contributed by atoms with Crippen molar-refractivity contribution < 1.29 is 8.42 Å². The van der Waals surface area contributed by atoms with Crippen LogP contribution in [0.25, 0.3) is 0 Å². The number of aryl methyl sites for hydroxylation is 1. The molecule has 0 atom stereocenters. The lowest BCUT2D eigenvalue weighted by Crippen LogP contribution is -2.33. The van der Waals surface area contributed by atoms with Gasteiger partial charge in [0, 0.05) is 44.1 Å². The van der Waals surface area contributed by atoms with Gasteiger partial charge in [0.05, 0.1) is 0 Å². The van der Waals surface area contributed by atoms with Crippen molar-refractivity contribution >= 4 is 10.0 Å². The van der Waals surface area contributed by atoms with Gasteiger partial charge in [-0.1, -0.05) is 20.8 Å². The van der Waals surface area contributed by atoms with Crippen LogP contribution in [-0.2, 0) is 23.6 Å². The van der Waals surface area contributed by atoms with Crippen LogP contribution in [0.3, 0.4) is 0 Å². The topological polar surface area (TPSA) is 54.3 Å². The molecule has 6 heteroatoms. The Morgan fingerprint density at radius 3 is 2.62 bits per heavy atom. The van der Waals surface area contributed by atoms with Crippen molar-refractivity contribution in [3.8, 4) is 0 Å². The summed E-state index contributed by atoms with van der Waals surface area (Å²) in [5.74, 6) is 0. The summed E-state index contributed by atoms with van der Waals surface area (Å²) in [5, 5.41) is 3.33. The maximum atomic E-state index is 12.8. The van der Waals surface area contributed by atoms with E-state index in [4.69, 9.17) is 0 Å². The van der Waals surface area contributed by atoms with E-state index in [0.717, 1.165) is 25.0 Å². The van der Waals surface area contributed by atoms with Crippen LogP contribution in [0.5, 0.6) is 0 Å². The van der Waals surface area contributed by atoms with E-state index in [1.165, 1.54) is 0 Å². The van der Waals surface area contributed by atoms with E-state index in [1.807, 2.05) is 18.5 Å². The first kappa shape index (κ1) is 16.5. The molecule has 1 aliphatic rings. The van der Waals surface area contributed by atoms with Crippen molar-refractivity contribution in [3.63, 3.8) is 0 Å². The fourth-order valence-electron chi connectivity index (χ4n) is 2.42. The molecule has 1 fully saturated rings. The molecule has 5 nitrogen and oxygen atoms in total. The molecule has 120 valence electrons. The van der Waals surface area contributed by atoms with Crippen molar-refractivity contribution in [2.45, 2.75) is 63.6 Å². The first-order valence-electron chi connectivity index (χ1n) is 7.76. The molecule has 1 aliphatic carbocycles. The second kappa shape index (κ2) is 6.50. The second-order valence-corrected chi connectivity index (χ2v) is 8.05. The number of aromatic nitrogens is 1. The number of hydrogen-bond acceptors (Lipinski definition) is 3. The van der Waals surface area contributed by atoms with Crippen LogP contribution in [0.1, 0.15) is 45.7 Å². The minimum atomic E-state index is -3.36. The van der Waals surface area contributed by atoms with Gasteiger partial charge in [0.2, 0.25) is 10.0 Å². The van der Waals surface area contributed by atoms with Crippen LogP contribution in [0.4, 0.5) is 0 Å². The molecule has 0 unspecified atom stereocenters. The highest BCUT2D eigenvalue weighted by molar-refractivity contribution is 7.89. The van der Waals surface area contributed by atoms with E-state index in [0.29, 0.717) is 24.0 Å². The van der Waals surface area contributed by atoms with Crippen LogP contribution >= 0.6 is 0 Å². The molecular formula is C15H27N3O2S. The first-order chi connectivity index (χ1) is 9.86. The Labute approximate surface area is 128 Å². The highest BCUT2D eigenvalue weighted by Crippen LogP contribution is 2.32.